The third kappa shape index (κ3) is 36.5. The maximum absolute atomic E-state index is 10.3. The molecule has 5 heteroatoms. The zero-order chi connectivity index (χ0) is 23.6. The molecule has 0 amide bonds. The van der Waals surface area contributed by atoms with Crippen molar-refractivity contribution in [2.45, 2.75) is 135 Å². The first-order valence-corrected chi connectivity index (χ1v) is 12.5. The predicted molar refractivity (Wildman–Crippen MR) is 130 cm³/mol. The summed E-state index contributed by atoms with van der Waals surface area (Å²) < 4.78 is 0. The summed E-state index contributed by atoms with van der Waals surface area (Å²) in [5.41, 5.74) is 0. The number of rotatable bonds is 20. The Kier molecular flexibility index (Phi) is 25.9. The number of hydrogen-bond donors (Lipinski definition) is 4. The van der Waals surface area contributed by atoms with Gasteiger partial charge in [-0.25, -0.2) is 0 Å². The second kappa shape index (κ2) is 25.1. The van der Waals surface area contributed by atoms with Gasteiger partial charge in [-0.3, -0.25) is 4.79 Å². The van der Waals surface area contributed by atoms with Gasteiger partial charge in [0.25, 0.3) is 5.97 Å². The number of carbonyl (C=O) groups is 1. The second-order valence-corrected chi connectivity index (χ2v) is 8.31. The fraction of sp³-hybridized carbons (Fsp3) is 0.808. The molecule has 0 aromatic heterocycles. The lowest BCUT2D eigenvalue weighted by Crippen LogP contribution is -2.26. The molecule has 0 aromatic rings. The molecule has 0 atom stereocenters. The lowest BCUT2D eigenvalue weighted by Gasteiger charge is -2.12. The van der Waals surface area contributed by atoms with Crippen molar-refractivity contribution >= 4 is 5.97 Å². The van der Waals surface area contributed by atoms with Gasteiger partial charge in [0.2, 0.25) is 0 Å². The van der Waals surface area contributed by atoms with Crippen LogP contribution in [-0.2, 0) is 4.79 Å². The van der Waals surface area contributed by atoms with Crippen LogP contribution in [0.4, 0.5) is 0 Å². The maximum atomic E-state index is 10.3. The van der Waals surface area contributed by atoms with E-state index in [9.17, 15) is 4.79 Å². The summed E-state index contributed by atoms with van der Waals surface area (Å²) >= 11 is 0. The predicted octanol–water partition coefficient (Wildman–Crippen LogP) is 6.86. The molecule has 5 nitrogen and oxygen atoms in total. The van der Waals surface area contributed by atoms with Gasteiger partial charge >= 0.3 is 5.97 Å². The first-order chi connectivity index (χ1) is 14.8. The van der Waals surface area contributed by atoms with E-state index >= 15 is 0 Å². The molecule has 0 rings (SSSR count). The molecule has 184 valence electrons. The van der Waals surface area contributed by atoms with Crippen LogP contribution in [0.25, 0.3) is 0 Å². The molecule has 0 fully saturated rings. The Bertz CT molecular complexity index is 424. The molecule has 0 unspecified atom stereocenters. The van der Waals surface area contributed by atoms with Crippen LogP contribution in [0.3, 0.4) is 0 Å². The fourth-order valence-electron chi connectivity index (χ4n) is 3.05. The summed E-state index contributed by atoms with van der Waals surface area (Å²) in [6.07, 6.45) is 27.4. The number of aliphatic hydroxyl groups is 3. The minimum atomic E-state index is -2.45. The fourth-order valence-corrected chi connectivity index (χ4v) is 3.05. The van der Waals surface area contributed by atoms with E-state index in [0.29, 0.717) is 12.8 Å². The average molecular weight is 443 g/mol. The number of carboxylic acids is 1. The van der Waals surface area contributed by atoms with Crippen LogP contribution in [0.15, 0.2) is 24.3 Å². The Labute approximate surface area is 191 Å². The summed E-state index contributed by atoms with van der Waals surface area (Å²) in [5.74, 6) is -3.12. The number of carboxylic acid groups (broad SMARTS) is 1. The molecule has 0 aliphatic heterocycles. The number of hydrogen-bond acceptors (Lipinski definition) is 4. The third-order valence-electron chi connectivity index (χ3n) is 4.96. The van der Waals surface area contributed by atoms with Crippen LogP contribution in [0.1, 0.15) is 129 Å². The van der Waals surface area contributed by atoms with Crippen LogP contribution in [0, 0.1) is 0 Å². The number of aliphatic carboxylic acids is 1. The number of allylic oxidation sites excluding steroid dienone is 4. The molecule has 0 saturated heterocycles. The SMILES string of the molecule is CCCCC/C=C\C/C=C\CCCCCCCC(=O)O.CCCCCCCC(O)(O)O. The van der Waals surface area contributed by atoms with Crippen LogP contribution >= 0.6 is 0 Å². The van der Waals surface area contributed by atoms with Gasteiger partial charge < -0.3 is 20.4 Å². The minimum absolute atomic E-state index is 0.0523. The van der Waals surface area contributed by atoms with Crippen molar-refractivity contribution in [1.29, 1.82) is 0 Å². The van der Waals surface area contributed by atoms with Crippen molar-refractivity contribution in [1.82, 2.24) is 0 Å². The van der Waals surface area contributed by atoms with Crippen LogP contribution in [-0.4, -0.2) is 32.4 Å². The van der Waals surface area contributed by atoms with E-state index in [1.54, 1.807) is 0 Å². The van der Waals surface area contributed by atoms with Crippen LogP contribution in [0.5, 0.6) is 0 Å². The molecule has 0 radical (unpaired) electrons. The van der Waals surface area contributed by atoms with Gasteiger partial charge in [-0.2, -0.15) is 0 Å². The van der Waals surface area contributed by atoms with Gasteiger partial charge in [-0.1, -0.05) is 95.9 Å². The van der Waals surface area contributed by atoms with Crippen molar-refractivity contribution in [3.63, 3.8) is 0 Å². The molecule has 0 aromatic carbocycles. The van der Waals surface area contributed by atoms with E-state index in [1.807, 2.05) is 0 Å². The largest absolute Gasteiger partial charge is 0.481 e. The van der Waals surface area contributed by atoms with E-state index in [-0.39, 0.29) is 6.42 Å². The van der Waals surface area contributed by atoms with E-state index < -0.39 is 11.9 Å². The first-order valence-electron chi connectivity index (χ1n) is 12.5. The van der Waals surface area contributed by atoms with Gasteiger partial charge in [0.05, 0.1) is 0 Å². The molecule has 0 bridgehead atoms. The first kappa shape index (κ1) is 32.0. The summed E-state index contributed by atoms with van der Waals surface area (Å²) in [5, 5.41) is 34.0. The smallest absolute Gasteiger partial charge is 0.303 e. The highest BCUT2D eigenvalue weighted by molar-refractivity contribution is 5.66. The Morgan fingerprint density at radius 1 is 0.645 bits per heavy atom. The standard InChI is InChI=1S/C18H32O2.C8H18O3/c1-2-3-4-5-6-7-8-9-10-11-12-13-14-15-16-17-18(19)20;1-2-3-4-5-6-7-8(9,10)11/h6-7,9-10H,2-5,8,11-17H2,1H3,(H,19,20);9-11H,2-7H2,1H3/b7-6-,10-9-;. The molecule has 0 aliphatic rings. The van der Waals surface area contributed by atoms with E-state index in [0.717, 1.165) is 38.5 Å². The molecule has 0 aliphatic carbocycles. The van der Waals surface area contributed by atoms with Crippen molar-refractivity contribution in [2.24, 2.45) is 0 Å². The van der Waals surface area contributed by atoms with Crippen LogP contribution in [0.2, 0.25) is 0 Å². The lowest BCUT2D eigenvalue weighted by molar-refractivity contribution is -0.315. The highest BCUT2D eigenvalue weighted by Crippen LogP contribution is 2.10. The van der Waals surface area contributed by atoms with Gasteiger partial charge in [0.15, 0.2) is 0 Å². The van der Waals surface area contributed by atoms with Gasteiger partial charge in [-0.05, 0) is 44.9 Å². The van der Waals surface area contributed by atoms with Crippen molar-refractivity contribution in [3.05, 3.63) is 24.3 Å². The van der Waals surface area contributed by atoms with E-state index in [1.165, 1.54) is 57.8 Å². The van der Waals surface area contributed by atoms with Crippen molar-refractivity contribution < 1.29 is 25.2 Å². The summed E-state index contributed by atoms with van der Waals surface area (Å²) in [6, 6.07) is 0. The van der Waals surface area contributed by atoms with Crippen LogP contribution < -0.4 is 0 Å². The number of unbranched alkanes of at least 4 members (excludes halogenated alkanes) is 12. The molecule has 31 heavy (non-hydrogen) atoms. The molecule has 0 spiro atoms. The minimum Gasteiger partial charge on any atom is -0.481 e. The summed E-state index contributed by atoms with van der Waals surface area (Å²) in [7, 11) is 0. The Hall–Kier alpha value is -1.17. The Morgan fingerprint density at radius 2 is 1.10 bits per heavy atom. The van der Waals surface area contributed by atoms with E-state index in [2.05, 4.69) is 38.2 Å². The Balaban J connectivity index is 0. The van der Waals surface area contributed by atoms with Crippen molar-refractivity contribution in [3.8, 4) is 0 Å². The second-order valence-electron chi connectivity index (χ2n) is 8.31. The summed E-state index contributed by atoms with van der Waals surface area (Å²) in [4.78, 5) is 10.3. The quantitative estimate of drug-likeness (QED) is 0.0937. The maximum Gasteiger partial charge on any atom is 0.303 e. The zero-order valence-electron chi connectivity index (χ0n) is 20.2. The molecule has 0 heterocycles. The lowest BCUT2D eigenvalue weighted by atomic mass is 10.1. The average Bonchev–Trinajstić information content (AvgIpc) is 2.70. The monoisotopic (exact) mass is 442 g/mol. The topological polar surface area (TPSA) is 98.0 Å². The summed E-state index contributed by atoms with van der Waals surface area (Å²) in [6.45, 7) is 4.35. The van der Waals surface area contributed by atoms with Gasteiger partial charge in [-0.15, -0.1) is 0 Å². The highest BCUT2D eigenvalue weighted by atomic mass is 16.7. The van der Waals surface area contributed by atoms with Gasteiger partial charge in [0.1, 0.15) is 0 Å². The van der Waals surface area contributed by atoms with Gasteiger partial charge in [0, 0.05) is 12.8 Å². The molecule has 0 saturated carbocycles. The third-order valence-corrected chi connectivity index (χ3v) is 4.96. The van der Waals surface area contributed by atoms with E-state index in [4.69, 9.17) is 20.4 Å². The molecular weight excluding hydrogens is 392 g/mol. The highest BCUT2D eigenvalue weighted by Gasteiger charge is 2.16. The zero-order valence-corrected chi connectivity index (χ0v) is 20.2. The normalized spacial score (nSPS) is 11.8. The Morgan fingerprint density at radius 3 is 1.65 bits per heavy atom. The molecule has 4 N–H and O–H groups in total. The van der Waals surface area contributed by atoms with Crippen molar-refractivity contribution in [2.75, 3.05) is 0 Å². The molecular formula is C26H50O5.